The molecule has 3 nitrogen and oxygen atoms in total. The van der Waals surface area contributed by atoms with Crippen LogP contribution >= 0.6 is 0 Å². The van der Waals surface area contributed by atoms with Crippen LogP contribution in [0.1, 0.15) is 5.69 Å². The lowest BCUT2D eigenvalue weighted by Gasteiger charge is -1.98. The van der Waals surface area contributed by atoms with Gasteiger partial charge in [0, 0.05) is 22.8 Å². The van der Waals surface area contributed by atoms with Crippen molar-refractivity contribution in [1.82, 2.24) is 15.0 Å². The van der Waals surface area contributed by atoms with E-state index >= 15 is 0 Å². The lowest BCUT2D eigenvalue weighted by atomic mass is 10.2. The van der Waals surface area contributed by atoms with E-state index in [2.05, 4.69) is 15.0 Å². The number of aryl methyl sites for hydroxylation is 1. The summed E-state index contributed by atoms with van der Waals surface area (Å²) in [6.07, 6.45) is 1.86. The average molecular weight is 209 g/mol. The molecule has 3 heteroatoms. The van der Waals surface area contributed by atoms with Crippen molar-refractivity contribution in [1.29, 1.82) is 0 Å². The van der Waals surface area contributed by atoms with Gasteiger partial charge in [-0.3, -0.25) is 0 Å². The molecule has 0 atom stereocenters. The molecule has 0 spiro atoms. The second-order valence-corrected chi connectivity index (χ2v) is 3.82. The fraction of sp³-hybridized carbons (Fsp3) is 0.0769. The topological polar surface area (TPSA) is 41.6 Å². The number of H-pyrrole nitrogens is 1. The fourth-order valence-corrected chi connectivity index (χ4v) is 1.78. The van der Waals surface area contributed by atoms with Gasteiger partial charge in [0.15, 0.2) is 5.82 Å². The molecular weight excluding hydrogens is 198 g/mol. The number of nitrogens with zero attached hydrogens (tertiary/aromatic N) is 2. The number of hydrogen-bond acceptors (Lipinski definition) is 2. The minimum absolute atomic E-state index is 0.759. The first-order chi connectivity index (χ1) is 7.83. The van der Waals surface area contributed by atoms with E-state index < -0.39 is 0 Å². The van der Waals surface area contributed by atoms with Crippen LogP contribution in [0.5, 0.6) is 0 Å². The third kappa shape index (κ3) is 1.46. The SMILES string of the molecule is Cc1cc2cnc(-c3ccccc3)nc2[nH]1. The van der Waals surface area contributed by atoms with Crippen LogP contribution < -0.4 is 0 Å². The van der Waals surface area contributed by atoms with E-state index in [0.717, 1.165) is 28.1 Å². The van der Waals surface area contributed by atoms with Crippen molar-refractivity contribution in [2.45, 2.75) is 6.92 Å². The minimum atomic E-state index is 0.759. The Kier molecular flexibility index (Phi) is 1.96. The number of hydrogen-bond donors (Lipinski definition) is 1. The Balaban J connectivity index is 2.18. The summed E-state index contributed by atoms with van der Waals surface area (Å²) in [5.74, 6) is 0.759. The van der Waals surface area contributed by atoms with E-state index in [-0.39, 0.29) is 0 Å². The van der Waals surface area contributed by atoms with Crippen LogP contribution in [0, 0.1) is 6.92 Å². The maximum absolute atomic E-state index is 4.50. The summed E-state index contributed by atoms with van der Waals surface area (Å²) in [5.41, 5.74) is 3.04. The number of aromatic nitrogens is 3. The molecule has 2 aromatic heterocycles. The third-order valence-electron chi connectivity index (χ3n) is 2.54. The van der Waals surface area contributed by atoms with Gasteiger partial charge < -0.3 is 4.98 Å². The highest BCUT2D eigenvalue weighted by Crippen LogP contribution is 2.18. The lowest BCUT2D eigenvalue weighted by molar-refractivity contribution is 1.19. The highest BCUT2D eigenvalue weighted by atomic mass is 14.9. The van der Waals surface area contributed by atoms with E-state index in [1.807, 2.05) is 49.5 Å². The molecule has 0 amide bonds. The molecule has 3 rings (SSSR count). The fourth-order valence-electron chi connectivity index (χ4n) is 1.78. The Hall–Kier alpha value is -2.16. The maximum atomic E-state index is 4.50. The van der Waals surface area contributed by atoms with Crippen molar-refractivity contribution in [3.8, 4) is 11.4 Å². The average Bonchev–Trinajstić information content (AvgIpc) is 2.69. The van der Waals surface area contributed by atoms with Crippen LogP contribution in [0.15, 0.2) is 42.6 Å². The van der Waals surface area contributed by atoms with Gasteiger partial charge in [0.2, 0.25) is 0 Å². The Morgan fingerprint density at radius 3 is 2.75 bits per heavy atom. The lowest BCUT2D eigenvalue weighted by Crippen LogP contribution is -1.88. The molecule has 1 aromatic carbocycles. The number of fused-ring (bicyclic) bond motifs is 1. The van der Waals surface area contributed by atoms with Crippen molar-refractivity contribution >= 4 is 11.0 Å². The van der Waals surface area contributed by atoms with Crippen LogP contribution in [0.3, 0.4) is 0 Å². The summed E-state index contributed by atoms with van der Waals surface area (Å²) in [7, 11) is 0. The van der Waals surface area contributed by atoms with Gasteiger partial charge in [-0.05, 0) is 13.0 Å². The Labute approximate surface area is 93.2 Å². The first kappa shape index (κ1) is 9.09. The zero-order valence-electron chi connectivity index (χ0n) is 8.94. The Morgan fingerprint density at radius 1 is 1.12 bits per heavy atom. The molecule has 1 N–H and O–H groups in total. The molecule has 0 aliphatic carbocycles. The molecule has 0 bridgehead atoms. The van der Waals surface area contributed by atoms with Gasteiger partial charge in [0.05, 0.1) is 0 Å². The standard InChI is InChI=1S/C13H11N3/c1-9-7-11-8-14-12(16-13(11)15-9)10-5-3-2-4-6-10/h2-8H,1H3,(H,14,15,16). The first-order valence-corrected chi connectivity index (χ1v) is 5.21. The predicted octanol–water partition coefficient (Wildman–Crippen LogP) is 2.93. The van der Waals surface area contributed by atoms with Crippen LogP contribution in [0.25, 0.3) is 22.4 Å². The predicted molar refractivity (Wildman–Crippen MR) is 64.1 cm³/mol. The number of rotatable bonds is 1. The number of benzene rings is 1. The highest BCUT2D eigenvalue weighted by molar-refractivity contribution is 5.77. The van der Waals surface area contributed by atoms with Gasteiger partial charge in [0.1, 0.15) is 5.65 Å². The third-order valence-corrected chi connectivity index (χ3v) is 2.54. The first-order valence-electron chi connectivity index (χ1n) is 5.21. The molecule has 0 radical (unpaired) electrons. The molecule has 16 heavy (non-hydrogen) atoms. The molecule has 78 valence electrons. The summed E-state index contributed by atoms with van der Waals surface area (Å²) >= 11 is 0. The van der Waals surface area contributed by atoms with Crippen LogP contribution in [0.2, 0.25) is 0 Å². The van der Waals surface area contributed by atoms with Crippen molar-refractivity contribution < 1.29 is 0 Å². The summed E-state index contributed by atoms with van der Waals surface area (Å²) in [5, 5.41) is 1.05. The van der Waals surface area contributed by atoms with Crippen LogP contribution in [-0.4, -0.2) is 15.0 Å². The highest BCUT2D eigenvalue weighted by Gasteiger charge is 2.03. The molecule has 0 unspecified atom stereocenters. The zero-order chi connectivity index (χ0) is 11.0. The van der Waals surface area contributed by atoms with Gasteiger partial charge in [-0.2, -0.15) is 0 Å². The van der Waals surface area contributed by atoms with Crippen molar-refractivity contribution in [2.75, 3.05) is 0 Å². The molecular formula is C13H11N3. The van der Waals surface area contributed by atoms with Gasteiger partial charge in [-0.1, -0.05) is 30.3 Å². The summed E-state index contributed by atoms with van der Waals surface area (Å²) in [6, 6.07) is 12.0. The van der Waals surface area contributed by atoms with Gasteiger partial charge in [0.25, 0.3) is 0 Å². The largest absolute Gasteiger partial charge is 0.343 e. The Bertz CT molecular complexity index is 626. The van der Waals surface area contributed by atoms with Gasteiger partial charge >= 0.3 is 0 Å². The van der Waals surface area contributed by atoms with Crippen molar-refractivity contribution in [3.05, 3.63) is 48.3 Å². The smallest absolute Gasteiger partial charge is 0.161 e. The van der Waals surface area contributed by atoms with Crippen molar-refractivity contribution in [3.63, 3.8) is 0 Å². The molecule has 0 saturated carbocycles. The molecule has 2 heterocycles. The molecule has 0 fully saturated rings. The normalized spacial score (nSPS) is 10.8. The molecule has 0 aliphatic heterocycles. The summed E-state index contributed by atoms with van der Waals surface area (Å²) in [4.78, 5) is 12.1. The molecule has 0 aliphatic rings. The number of nitrogens with one attached hydrogen (secondary N) is 1. The molecule has 0 saturated heterocycles. The van der Waals surface area contributed by atoms with Crippen LogP contribution in [0.4, 0.5) is 0 Å². The second-order valence-electron chi connectivity index (χ2n) is 3.82. The van der Waals surface area contributed by atoms with Gasteiger partial charge in [-0.25, -0.2) is 9.97 Å². The zero-order valence-corrected chi connectivity index (χ0v) is 8.94. The molecule has 3 aromatic rings. The summed E-state index contributed by atoms with van der Waals surface area (Å²) in [6.45, 7) is 2.02. The van der Waals surface area contributed by atoms with Crippen molar-refractivity contribution in [2.24, 2.45) is 0 Å². The van der Waals surface area contributed by atoms with E-state index in [0.29, 0.717) is 0 Å². The quantitative estimate of drug-likeness (QED) is 0.669. The maximum Gasteiger partial charge on any atom is 0.161 e. The number of aromatic amines is 1. The minimum Gasteiger partial charge on any atom is -0.343 e. The Morgan fingerprint density at radius 2 is 1.94 bits per heavy atom. The van der Waals surface area contributed by atoms with E-state index in [4.69, 9.17) is 0 Å². The van der Waals surface area contributed by atoms with E-state index in [9.17, 15) is 0 Å². The van der Waals surface area contributed by atoms with Gasteiger partial charge in [-0.15, -0.1) is 0 Å². The van der Waals surface area contributed by atoms with E-state index in [1.165, 1.54) is 0 Å². The van der Waals surface area contributed by atoms with E-state index in [1.54, 1.807) is 0 Å². The summed E-state index contributed by atoms with van der Waals surface area (Å²) < 4.78 is 0. The van der Waals surface area contributed by atoms with Crippen LogP contribution in [-0.2, 0) is 0 Å². The monoisotopic (exact) mass is 209 g/mol. The second kappa shape index (κ2) is 3.45.